The van der Waals surface area contributed by atoms with Crippen molar-refractivity contribution in [3.8, 4) is 11.1 Å². The summed E-state index contributed by atoms with van der Waals surface area (Å²) in [7, 11) is 0. The Morgan fingerprint density at radius 2 is 2.17 bits per heavy atom. The molecule has 1 N–H and O–H groups in total. The maximum Gasteiger partial charge on any atom is 0.149 e. The molecule has 18 heavy (non-hydrogen) atoms. The highest BCUT2D eigenvalue weighted by molar-refractivity contribution is 5.64. The van der Waals surface area contributed by atoms with Crippen LogP contribution in [-0.4, -0.2) is 11.5 Å². The number of halogens is 1. The number of hydrogen-bond acceptors (Lipinski definition) is 2. The van der Waals surface area contributed by atoms with Crippen LogP contribution in [0.5, 0.6) is 0 Å². The predicted octanol–water partition coefficient (Wildman–Crippen LogP) is 3.56. The molecule has 1 aromatic carbocycles. The van der Waals surface area contributed by atoms with E-state index in [4.69, 9.17) is 0 Å². The van der Waals surface area contributed by atoms with Gasteiger partial charge in [-0.1, -0.05) is 25.1 Å². The van der Waals surface area contributed by atoms with Gasteiger partial charge in [-0.3, -0.25) is 4.98 Å². The summed E-state index contributed by atoms with van der Waals surface area (Å²) in [6, 6.07) is 9.91. The average Bonchev–Trinajstić information content (AvgIpc) is 2.40. The molecule has 0 spiro atoms. The van der Waals surface area contributed by atoms with E-state index in [1.807, 2.05) is 18.2 Å². The quantitative estimate of drug-likeness (QED) is 0.889. The van der Waals surface area contributed by atoms with Gasteiger partial charge in [0, 0.05) is 17.8 Å². The Hall–Kier alpha value is -1.74. The number of nitrogens with one attached hydrogen (secondary N) is 1. The Morgan fingerprint density at radius 1 is 1.33 bits per heavy atom. The number of pyridine rings is 1. The third-order valence-electron chi connectivity index (χ3n) is 2.98. The highest BCUT2D eigenvalue weighted by atomic mass is 19.1. The van der Waals surface area contributed by atoms with Gasteiger partial charge in [0.15, 0.2) is 0 Å². The van der Waals surface area contributed by atoms with Crippen LogP contribution >= 0.6 is 0 Å². The van der Waals surface area contributed by atoms with E-state index in [0.717, 1.165) is 17.7 Å². The monoisotopic (exact) mass is 244 g/mol. The second-order valence-corrected chi connectivity index (χ2v) is 4.26. The van der Waals surface area contributed by atoms with Crippen molar-refractivity contribution >= 4 is 0 Å². The summed E-state index contributed by atoms with van der Waals surface area (Å²) in [4.78, 5) is 3.77. The van der Waals surface area contributed by atoms with Crippen LogP contribution in [0.3, 0.4) is 0 Å². The molecule has 0 bridgehead atoms. The van der Waals surface area contributed by atoms with E-state index in [1.165, 1.54) is 6.20 Å². The first-order valence-electron chi connectivity index (χ1n) is 6.15. The minimum absolute atomic E-state index is 0.264. The molecule has 0 aliphatic rings. The second kappa shape index (κ2) is 5.74. The molecule has 1 atom stereocenters. The molecule has 0 saturated carbocycles. The SMILES string of the molecule is CCNC(C)c1cccc(-c2ccncc2F)c1. The maximum atomic E-state index is 13.7. The summed E-state index contributed by atoms with van der Waals surface area (Å²) in [6.45, 7) is 5.09. The molecule has 0 aliphatic heterocycles. The normalized spacial score (nSPS) is 12.4. The van der Waals surface area contributed by atoms with Crippen molar-refractivity contribution in [1.82, 2.24) is 10.3 Å². The summed E-state index contributed by atoms with van der Waals surface area (Å²) in [6.07, 6.45) is 2.86. The fourth-order valence-corrected chi connectivity index (χ4v) is 2.01. The Labute approximate surface area is 107 Å². The summed E-state index contributed by atoms with van der Waals surface area (Å²) >= 11 is 0. The summed E-state index contributed by atoms with van der Waals surface area (Å²) in [5.41, 5.74) is 2.64. The van der Waals surface area contributed by atoms with Crippen LogP contribution in [0.1, 0.15) is 25.5 Å². The Morgan fingerprint density at radius 3 is 2.89 bits per heavy atom. The summed E-state index contributed by atoms with van der Waals surface area (Å²) in [5, 5.41) is 3.35. The zero-order valence-electron chi connectivity index (χ0n) is 10.7. The van der Waals surface area contributed by atoms with Crippen molar-refractivity contribution in [3.63, 3.8) is 0 Å². The van der Waals surface area contributed by atoms with Gasteiger partial charge in [0.05, 0.1) is 6.20 Å². The van der Waals surface area contributed by atoms with Crippen molar-refractivity contribution in [2.75, 3.05) is 6.54 Å². The van der Waals surface area contributed by atoms with Crippen LogP contribution < -0.4 is 5.32 Å². The molecule has 3 heteroatoms. The number of hydrogen-bond donors (Lipinski definition) is 1. The van der Waals surface area contributed by atoms with Gasteiger partial charge in [0.25, 0.3) is 0 Å². The summed E-state index contributed by atoms with van der Waals surface area (Å²) in [5.74, 6) is -0.286. The molecule has 94 valence electrons. The van der Waals surface area contributed by atoms with Gasteiger partial charge in [0.1, 0.15) is 5.82 Å². The molecule has 0 fully saturated rings. The lowest BCUT2D eigenvalue weighted by molar-refractivity contribution is 0.598. The van der Waals surface area contributed by atoms with Gasteiger partial charge in [-0.25, -0.2) is 4.39 Å². The fourth-order valence-electron chi connectivity index (χ4n) is 2.01. The molecule has 1 aromatic heterocycles. The molecule has 1 heterocycles. The molecular formula is C15H17FN2. The smallest absolute Gasteiger partial charge is 0.149 e. The van der Waals surface area contributed by atoms with E-state index < -0.39 is 0 Å². The lowest BCUT2D eigenvalue weighted by Crippen LogP contribution is -2.17. The van der Waals surface area contributed by atoms with Gasteiger partial charge in [-0.15, -0.1) is 0 Å². The van der Waals surface area contributed by atoms with Crippen molar-refractivity contribution in [2.45, 2.75) is 19.9 Å². The number of nitrogens with zero attached hydrogens (tertiary/aromatic N) is 1. The molecule has 0 saturated heterocycles. The van der Waals surface area contributed by atoms with Crippen LogP contribution in [0, 0.1) is 5.82 Å². The van der Waals surface area contributed by atoms with E-state index in [-0.39, 0.29) is 11.9 Å². The van der Waals surface area contributed by atoms with Crippen LogP contribution in [-0.2, 0) is 0 Å². The maximum absolute atomic E-state index is 13.7. The van der Waals surface area contributed by atoms with Crippen LogP contribution in [0.2, 0.25) is 0 Å². The molecule has 2 aromatic rings. The zero-order chi connectivity index (χ0) is 13.0. The standard InChI is InChI=1S/C15H17FN2/c1-3-18-11(2)12-5-4-6-13(9-12)14-7-8-17-10-15(14)16/h4-11,18H,3H2,1-2H3. The third kappa shape index (κ3) is 2.74. The fraction of sp³-hybridized carbons (Fsp3) is 0.267. The highest BCUT2D eigenvalue weighted by Gasteiger charge is 2.08. The van der Waals surface area contributed by atoms with Crippen molar-refractivity contribution in [1.29, 1.82) is 0 Å². The minimum Gasteiger partial charge on any atom is -0.310 e. The minimum atomic E-state index is -0.286. The van der Waals surface area contributed by atoms with Gasteiger partial charge in [-0.2, -0.15) is 0 Å². The Balaban J connectivity index is 2.36. The topological polar surface area (TPSA) is 24.9 Å². The predicted molar refractivity (Wildman–Crippen MR) is 71.7 cm³/mol. The lowest BCUT2D eigenvalue weighted by atomic mass is 10.0. The molecular weight excluding hydrogens is 227 g/mol. The molecule has 0 amide bonds. The molecule has 2 rings (SSSR count). The first kappa shape index (κ1) is 12.7. The van der Waals surface area contributed by atoms with E-state index in [2.05, 4.69) is 30.2 Å². The summed E-state index contributed by atoms with van der Waals surface area (Å²) < 4.78 is 13.7. The van der Waals surface area contributed by atoms with Gasteiger partial charge in [0.2, 0.25) is 0 Å². The molecule has 1 unspecified atom stereocenters. The first-order chi connectivity index (χ1) is 8.72. The molecule has 0 radical (unpaired) electrons. The Kier molecular flexibility index (Phi) is 4.05. The Bertz CT molecular complexity index is 525. The van der Waals surface area contributed by atoms with Crippen molar-refractivity contribution in [2.24, 2.45) is 0 Å². The third-order valence-corrected chi connectivity index (χ3v) is 2.98. The second-order valence-electron chi connectivity index (χ2n) is 4.26. The van der Waals surface area contributed by atoms with Crippen LogP contribution in [0.25, 0.3) is 11.1 Å². The van der Waals surface area contributed by atoms with Gasteiger partial charge >= 0.3 is 0 Å². The van der Waals surface area contributed by atoms with E-state index >= 15 is 0 Å². The van der Waals surface area contributed by atoms with Crippen molar-refractivity contribution < 1.29 is 4.39 Å². The molecule has 2 nitrogen and oxygen atoms in total. The number of rotatable bonds is 4. The van der Waals surface area contributed by atoms with Crippen LogP contribution in [0.4, 0.5) is 4.39 Å². The van der Waals surface area contributed by atoms with E-state index in [9.17, 15) is 4.39 Å². The van der Waals surface area contributed by atoms with Crippen LogP contribution in [0.15, 0.2) is 42.7 Å². The van der Waals surface area contributed by atoms with E-state index in [1.54, 1.807) is 12.3 Å². The van der Waals surface area contributed by atoms with Gasteiger partial charge in [-0.05, 0) is 36.7 Å². The largest absolute Gasteiger partial charge is 0.310 e. The molecule has 0 aliphatic carbocycles. The lowest BCUT2D eigenvalue weighted by Gasteiger charge is -2.14. The zero-order valence-corrected chi connectivity index (χ0v) is 10.7. The van der Waals surface area contributed by atoms with E-state index in [0.29, 0.717) is 5.56 Å². The van der Waals surface area contributed by atoms with Crippen molar-refractivity contribution in [3.05, 3.63) is 54.1 Å². The highest BCUT2D eigenvalue weighted by Crippen LogP contribution is 2.24. The number of aromatic nitrogens is 1. The average molecular weight is 244 g/mol. The first-order valence-corrected chi connectivity index (χ1v) is 6.15. The van der Waals surface area contributed by atoms with Gasteiger partial charge < -0.3 is 5.32 Å². The number of benzene rings is 1.